The van der Waals surface area contributed by atoms with Gasteiger partial charge in [-0.1, -0.05) is 29.8 Å². The third kappa shape index (κ3) is 3.40. The summed E-state index contributed by atoms with van der Waals surface area (Å²) < 4.78 is 10.8. The van der Waals surface area contributed by atoms with Crippen LogP contribution in [0.25, 0.3) is 0 Å². The highest BCUT2D eigenvalue weighted by atomic mass is 16.6. The fourth-order valence-electron chi connectivity index (χ4n) is 2.55. The molecule has 0 saturated heterocycles. The predicted octanol–water partition coefficient (Wildman–Crippen LogP) is 3.32. The van der Waals surface area contributed by atoms with Crippen molar-refractivity contribution < 1.29 is 24.2 Å². The number of aryl methyl sites for hydroxylation is 1. The first-order valence-electron chi connectivity index (χ1n) is 7.80. The molecule has 1 N–H and O–H groups in total. The standard InChI is InChI=1S/C19H18O5/c1-12-2-4-13(5-3-12)15(20)6-7-16(21)14-10-18-19(11-17(14)22)24-9-8-23-18/h2-5,10-11,22H,6-9H2,1H3. The Labute approximate surface area is 139 Å². The first kappa shape index (κ1) is 16.1. The topological polar surface area (TPSA) is 72.8 Å². The van der Waals surface area contributed by atoms with Crippen LogP contribution in [0.4, 0.5) is 0 Å². The predicted molar refractivity (Wildman–Crippen MR) is 88.2 cm³/mol. The zero-order valence-corrected chi connectivity index (χ0v) is 13.4. The van der Waals surface area contributed by atoms with Crippen molar-refractivity contribution in [3.63, 3.8) is 0 Å². The summed E-state index contributed by atoms with van der Waals surface area (Å²) in [5, 5.41) is 10.0. The summed E-state index contributed by atoms with van der Waals surface area (Å²) in [5.74, 6) is 0.302. The van der Waals surface area contributed by atoms with Crippen LogP contribution in [0.15, 0.2) is 36.4 Å². The Morgan fingerprint density at radius 3 is 2.21 bits per heavy atom. The van der Waals surface area contributed by atoms with Crippen molar-refractivity contribution in [2.45, 2.75) is 19.8 Å². The Hall–Kier alpha value is -2.82. The van der Waals surface area contributed by atoms with E-state index in [4.69, 9.17) is 9.47 Å². The van der Waals surface area contributed by atoms with E-state index in [0.717, 1.165) is 5.56 Å². The molecule has 5 nitrogen and oxygen atoms in total. The van der Waals surface area contributed by atoms with Crippen molar-refractivity contribution in [3.8, 4) is 17.2 Å². The molecular formula is C19H18O5. The van der Waals surface area contributed by atoms with Gasteiger partial charge in [0.25, 0.3) is 0 Å². The average molecular weight is 326 g/mol. The minimum atomic E-state index is -0.301. The van der Waals surface area contributed by atoms with E-state index in [9.17, 15) is 14.7 Å². The lowest BCUT2D eigenvalue weighted by Crippen LogP contribution is -2.16. The van der Waals surface area contributed by atoms with Gasteiger partial charge in [-0.3, -0.25) is 9.59 Å². The first-order chi connectivity index (χ1) is 11.5. The minimum absolute atomic E-state index is 0.0277. The summed E-state index contributed by atoms with van der Waals surface area (Å²) in [6, 6.07) is 10.1. The van der Waals surface area contributed by atoms with Gasteiger partial charge < -0.3 is 14.6 Å². The molecule has 5 heteroatoms. The number of aromatic hydroxyl groups is 1. The molecule has 0 unspecified atom stereocenters. The Morgan fingerprint density at radius 2 is 1.54 bits per heavy atom. The first-order valence-corrected chi connectivity index (χ1v) is 7.80. The van der Waals surface area contributed by atoms with Crippen LogP contribution >= 0.6 is 0 Å². The van der Waals surface area contributed by atoms with E-state index in [2.05, 4.69) is 0 Å². The molecule has 1 aliphatic heterocycles. The highest BCUT2D eigenvalue weighted by Gasteiger charge is 2.20. The van der Waals surface area contributed by atoms with Gasteiger partial charge in [0.1, 0.15) is 19.0 Å². The molecule has 1 aliphatic rings. The Kier molecular flexibility index (Phi) is 4.51. The summed E-state index contributed by atoms with van der Waals surface area (Å²) >= 11 is 0. The lowest BCUT2D eigenvalue weighted by atomic mass is 10.00. The highest BCUT2D eigenvalue weighted by molar-refractivity contribution is 6.03. The maximum atomic E-state index is 12.3. The number of carbonyl (C=O) groups excluding carboxylic acids is 2. The van der Waals surface area contributed by atoms with Crippen molar-refractivity contribution in [1.82, 2.24) is 0 Å². The second kappa shape index (κ2) is 6.74. The van der Waals surface area contributed by atoms with Crippen molar-refractivity contribution in [1.29, 1.82) is 0 Å². The largest absolute Gasteiger partial charge is 0.507 e. The zero-order chi connectivity index (χ0) is 17.1. The summed E-state index contributed by atoms with van der Waals surface area (Å²) in [7, 11) is 0. The van der Waals surface area contributed by atoms with Gasteiger partial charge in [0, 0.05) is 24.5 Å². The molecule has 2 aromatic rings. The number of carbonyl (C=O) groups is 2. The van der Waals surface area contributed by atoms with Crippen LogP contribution in [0.3, 0.4) is 0 Å². The van der Waals surface area contributed by atoms with E-state index in [1.807, 2.05) is 19.1 Å². The number of fused-ring (bicyclic) bond motifs is 1. The Bertz CT molecular complexity index is 777. The fourth-order valence-corrected chi connectivity index (χ4v) is 2.55. The van der Waals surface area contributed by atoms with E-state index in [-0.39, 0.29) is 35.7 Å². The molecule has 0 fully saturated rings. The minimum Gasteiger partial charge on any atom is -0.507 e. The monoisotopic (exact) mass is 326 g/mol. The molecule has 0 bridgehead atoms. The van der Waals surface area contributed by atoms with Crippen LogP contribution in [-0.2, 0) is 0 Å². The SMILES string of the molecule is Cc1ccc(C(=O)CCC(=O)c2cc3c(cc2O)OCCO3)cc1. The van der Waals surface area contributed by atoms with E-state index in [1.165, 1.54) is 12.1 Å². The van der Waals surface area contributed by atoms with Gasteiger partial charge >= 0.3 is 0 Å². The molecule has 3 rings (SSSR count). The lowest BCUT2D eigenvalue weighted by molar-refractivity contribution is 0.0915. The quantitative estimate of drug-likeness (QED) is 0.853. The Morgan fingerprint density at radius 1 is 0.958 bits per heavy atom. The van der Waals surface area contributed by atoms with Crippen molar-refractivity contribution in [2.75, 3.05) is 13.2 Å². The van der Waals surface area contributed by atoms with Crippen LogP contribution < -0.4 is 9.47 Å². The number of benzene rings is 2. The van der Waals surface area contributed by atoms with Crippen LogP contribution in [0.5, 0.6) is 17.2 Å². The summed E-state index contributed by atoms with van der Waals surface area (Å²) in [6.45, 7) is 2.75. The Balaban J connectivity index is 1.69. The molecular weight excluding hydrogens is 308 g/mol. The fraction of sp³-hybridized carbons (Fsp3) is 0.263. The number of ether oxygens (including phenoxy) is 2. The summed E-state index contributed by atoms with van der Waals surface area (Å²) in [4.78, 5) is 24.5. The van der Waals surface area contributed by atoms with Gasteiger partial charge in [-0.05, 0) is 13.0 Å². The number of ketones is 2. The van der Waals surface area contributed by atoms with Crippen molar-refractivity contribution in [3.05, 3.63) is 53.1 Å². The molecule has 0 radical (unpaired) electrons. The second-order valence-corrected chi connectivity index (χ2v) is 5.73. The smallest absolute Gasteiger partial charge is 0.167 e. The third-order valence-electron chi connectivity index (χ3n) is 3.91. The lowest BCUT2D eigenvalue weighted by Gasteiger charge is -2.19. The molecule has 24 heavy (non-hydrogen) atoms. The molecule has 0 amide bonds. The van der Waals surface area contributed by atoms with Crippen LogP contribution in [-0.4, -0.2) is 29.9 Å². The van der Waals surface area contributed by atoms with Crippen molar-refractivity contribution >= 4 is 11.6 Å². The number of hydrogen-bond donors (Lipinski definition) is 1. The number of rotatable bonds is 5. The van der Waals surface area contributed by atoms with Crippen LogP contribution in [0.2, 0.25) is 0 Å². The van der Waals surface area contributed by atoms with E-state index < -0.39 is 0 Å². The second-order valence-electron chi connectivity index (χ2n) is 5.73. The normalized spacial score (nSPS) is 12.7. The van der Waals surface area contributed by atoms with Crippen LogP contribution in [0, 0.1) is 6.92 Å². The van der Waals surface area contributed by atoms with Crippen LogP contribution in [0.1, 0.15) is 39.1 Å². The summed E-state index contributed by atoms with van der Waals surface area (Å²) in [6.07, 6.45) is 0.121. The van der Waals surface area contributed by atoms with Gasteiger partial charge in [0.2, 0.25) is 0 Å². The number of Topliss-reactive ketones (excluding diaryl/α,β-unsaturated/α-hetero) is 2. The maximum Gasteiger partial charge on any atom is 0.167 e. The molecule has 0 aromatic heterocycles. The molecule has 2 aromatic carbocycles. The van der Waals surface area contributed by atoms with Gasteiger partial charge in [-0.25, -0.2) is 0 Å². The molecule has 0 saturated carbocycles. The molecule has 124 valence electrons. The van der Waals surface area contributed by atoms with E-state index in [1.54, 1.807) is 12.1 Å². The van der Waals surface area contributed by atoms with Crippen molar-refractivity contribution in [2.24, 2.45) is 0 Å². The van der Waals surface area contributed by atoms with Gasteiger partial charge in [0.15, 0.2) is 23.1 Å². The molecule has 0 spiro atoms. The van der Waals surface area contributed by atoms with E-state index >= 15 is 0 Å². The molecule has 0 aliphatic carbocycles. The summed E-state index contributed by atoms with van der Waals surface area (Å²) in [5.41, 5.74) is 1.81. The number of phenolic OH excluding ortho intramolecular Hbond substituents is 1. The van der Waals surface area contributed by atoms with Gasteiger partial charge in [-0.2, -0.15) is 0 Å². The molecule has 0 atom stereocenters. The van der Waals surface area contributed by atoms with Gasteiger partial charge in [0.05, 0.1) is 5.56 Å². The van der Waals surface area contributed by atoms with Gasteiger partial charge in [-0.15, -0.1) is 0 Å². The van der Waals surface area contributed by atoms with E-state index in [0.29, 0.717) is 30.3 Å². The average Bonchev–Trinajstić information content (AvgIpc) is 2.59. The number of phenols is 1. The number of hydrogen-bond acceptors (Lipinski definition) is 5. The maximum absolute atomic E-state index is 12.3. The highest BCUT2D eigenvalue weighted by Crippen LogP contribution is 2.36. The zero-order valence-electron chi connectivity index (χ0n) is 13.4. The molecule has 1 heterocycles. The third-order valence-corrected chi connectivity index (χ3v) is 3.91.